The van der Waals surface area contributed by atoms with Crippen LogP contribution in [0.2, 0.25) is 0 Å². The topological polar surface area (TPSA) is 105 Å². The van der Waals surface area contributed by atoms with Gasteiger partial charge in [0, 0.05) is 25.3 Å². The molecule has 0 radical (unpaired) electrons. The second-order valence-electron chi connectivity index (χ2n) is 7.39. The molecular formula is C23H26N4O3S. The number of benzene rings is 3. The molecule has 0 bridgehead atoms. The molecule has 7 nitrogen and oxygen atoms in total. The summed E-state index contributed by atoms with van der Waals surface area (Å²) in [5.41, 5.74) is 3.83. The average molecular weight is 439 g/mol. The Morgan fingerprint density at radius 2 is 1.58 bits per heavy atom. The minimum absolute atomic E-state index is 0.0253. The summed E-state index contributed by atoms with van der Waals surface area (Å²) in [6, 6.07) is 21.3. The minimum atomic E-state index is -3.87. The van der Waals surface area contributed by atoms with Crippen LogP contribution in [0, 0.1) is 0 Å². The van der Waals surface area contributed by atoms with Crippen LogP contribution in [0.1, 0.15) is 6.92 Å². The van der Waals surface area contributed by atoms with Crippen LogP contribution in [0.15, 0.2) is 77.7 Å². The molecular weight excluding hydrogens is 412 g/mol. The monoisotopic (exact) mass is 438 g/mol. The van der Waals surface area contributed by atoms with Gasteiger partial charge in [0.25, 0.3) is 0 Å². The van der Waals surface area contributed by atoms with Crippen LogP contribution in [0.25, 0.3) is 11.1 Å². The van der Waals surface area contributed by atoms with E-state index >= 15 is 0 Å². The standard InChI is InChI=1S/C23H26N4O3S/c1-16(25-21-15-18(31(24,29)30)13-14-22(21)27(2)3)23(28)26-20-12-8-7-11-19(20)17-9-5-4-6-10-17/h4-16,25H,1-3H3,(H,26,28)(H2,24,29,30). The van der Waals surface area contributed by atoms with Crippen LogP contribution in [0.4, 0.5) is 17.1 Å². The zero-order valence-electron chi connectivity index (χ0n) is 17.7. The number of rotatable bonds is 7. The normalized spacial score (nSPS) is 12.1. The molecule has 3 aromatic carbocycles. The maximum atomic E-state index is 12.9. The molecule has 0 spiro atoms. The van der Waals surface area contributed by atoms with E-state index in [1.807, 2.05) is 73.6 Å². The number of primary sulfonamides is 1. The molecule has 3 rings (SSSR count). The van der Waals surface area contributed by atoms with Crippen molar-refractivity contribution < 1.29 is 13.2 Å². The second-order valence-corrected chi connectivity index (χ2v) is 8.95. The number of nitrogens with two attached hydrogens (primary N) is 1. The van der Waals surface area contributed by atoms with Crippen LogP contribution in [0.3, 0.4) is 0 Å². The van der Waals surface area contributed by atoms with Gasteiger partial charge in [-0.3, -0.25) is 4.79 Å². The lowest BCUT2D eigenvalue weighted by Crippen LogP contribution is -2.32. The molecule has 0 aliphatic carbocycles. The first-order chi connectivity index (χ1) is 14.7. The van der Waals surface area contributed by atoms with Gasteiger partial charge in [0.2, 0.25) is 15.9 Å². The Morgan fingerprint density at radius 1 is 0.935 bits per heavy atom. The predicted octanol–water partition coefficient (Wildman–Crippen LogP) is 3.51. The number of nitrogens with one attached hydrogen (secondary N) is 2. The first kappa shape index (κ1) is 22.3. The zero-order valence-corrected chi connectivity index (χ0v) is 18.5. The van der Waals surface area contributed by atoms with Gasteiger partial charge in [-0.1, -0.05) is 48.5 Å². The Morgan fingerprint density at radius 3 is 2.23 bits per heavy atom. The maximum Gasteiger partial charge on any atom is 0.246 e. The van der Waals surface area contributed by atoms with Crippen LogP contribution in [-0.2, 0) is 14.8 Å². The van der Waals surface area contributed by atoms with Crippen LogP contribution >= 0.6 is 0 Å². The lowest BCUT2D eigenvalue weighted by atomic mass is 10.0. The van der Waals surface area contributed by atoms with E-state index in [1.165, 1.54) is 12.1 Å². The fourth-order valence-corrected chi connectivity index (χ4v) is 3.74. The molecule has 3 aromatic rings. The highest BCUT2D eigenvalue weighted by Crippen LogP contribution is 2.29. The van der Waals surface area contributed by atoms with E-state index in [0.29, 0.717) is 11.4 Å². The van der Waals surface area contributed by atoms with E-state index in [4.69, 9.17) is 5.14 Å². The fourth-order valence-electron chi connectivity index (χ4n) is 3.20. The quantitative estimate of drug-likeness (QED) is 0.524. The molecule has 0 fully saturated rings. The van der Waals surface area contributed by atoms with E-state index in [0.717, 1.165) is 16.8 Å². The van der Waals surface area contributed by atoms with Gasteiger partial charge < -0.3 is 15.5 Å². The average Bonchev–Trinajstić information content (AvgIpc) is 2.74. The minimum Gasteiger partial charge on any atom is -0.376 e. The molecule has 4 N–H and O–H groups in total. The van der Waals surface area contributed by atoms with Gasteiger partial charge in [-0.15, -0.1) is 0 Å². The Balaban J connectivity index is 1.84. The molecule has 162 valence electrons. The first-order valence-corrected chi connectivity index (χ1v) is 11.3. The van der Waals surface area contributed by atoms with Crippen LogP contribution in [-0.4, -0.2) is 34.5 Å². The van der Waals surface area contributed by atoms with Gasteiger partial charge in [0.15, 0.2) is 0 Å². The third kappa shape index (κ3) is 5.42. The molecule has 0 saturated heterocycles. The Hall–Kier alpha value is -3.36. The number of carbonyl (C=O) groups is 1. The highest BCUT2D eigenvalue weighted by molar-refractivity contribution is 7.89. The highest BCUT2D eigenvalue weighted by Gasteiger charge is 2.19. The molecule has 0 aliphatic heterocycles. The third-order valence-corrected chi connectivity index (χ3v) is 5.72. The van der Waals surface area contributed by atoms with Gasteiger partial charge >= 0.3 is 0 Å². The van der Waals surface area contributed by atoms with E-state index < -0.39 is 16.1 Å². The highest BCUT2D eigenvalue weighted by atomic mass is 32.2. The number of para-hydroxylation sites is 1. The molecule has 0 heterocycles. The number of amides is 1. The summed E-state index contributed by atoms with van der Waals surface area (Å²) in [5.74, 6) is -0.255. The predicted molar refractivity (Wildman–Crippen MR) is 126 cm³/mol. The van der Waals surface area contributed by atoms with Crippen molar-refractivity contribution in [2.45, 2.75) is 17.9 Å². The molecule has 1 amide bonds. The summed E-state index contributed by atoms with van der Waals surface area (Å²) in [4.78, 5) is 14.7. The van der Waals surface area contributed by atoms with E-state index in [-0.39, 0.29) is 10.8 Å². The van der Waals surface area contributed by atoms with E-state index in [2.05, 4.69) is 10.6 Å². The number of sulfonamides is 1. The van der Waals surface area contributed by atoms with Crippen molar-refractivity contribution in [1.29, 1.82) is 0 Å². The third-order valence-electron chi connectivity index (χ3n) is 4.81. The maximum absolute atomic E-state index is 12.9. The first-order valence-electron chi connectivity index (χ1n) is 9.73. The molecule has 0 saturated carbocycles. The molecule has 1 unspecified atom stereocenters. The van der Waals surface area contributed by atoms with Crippen molar-refractivity contribution in [2.75, 3.05) is 29.6 Å². The van der Waals surface area contributed by atoms with Gasteiger partial charge in [0.05, 0.1) is 16.3 Å². The van der Waals surface area contributed by atoms with Crippen molar-refractivity contribution in [3.63, 3.8) is 0 Å². The Kier molecular flexibility index (Phi) is 6.62. The number of hydrogen-bond acceptors (Lipinski definition) is 5. The van der Waals surface area contributed by atoms with Gasteiger partial charge in [-0.25, -0.2) is 13.6 Å². The fraction of sp³-hybridized carbons (Fsp3) is 0.174. The van der Waals surface area contributed by atoms with Crippen LogP contribution in [0.5, 0.6) is 0 Å². The summed E-state index contributed by atoms with van der Waals surface area (Å²) in [7, 11) is -0.205. The molecule has 0 aromatic heterocycles. The van der Waals surface area contributed by atoms with Crippen molar-refractivity contribution >= 4 is 33.0 Å². The number of nitrogens with zero attached hydrogens (tertiary/aromatic N) is 1. The molecule has 31 heavy (non-hydrogen) atoms. The zero-order chi connectivity index (χ0) is 22.6. The van der Waals surface area contributed by atoms with Crippen LogP contribution < -0.4 is 20.7 Å². The summed E-state index contributed by atoms with van der Waals surface area (Å²) in [5, 5.41) is 11.3. The van der Waals surface area contributed by atoms with Crippen molar-refractivity contribution in [3.05, 3.63) is 72.8 Å². The Bertz CT molecular complexity index is 1180. The molecule has 0 aliphatic rings. The summed E-state index contributed by atoms with van der Waals surface area (Å²) in [6.07, 6.45) is 0. The van der Waals surface area contributed by atoms with Crippen molar-refractivity contribution in [3.8, 4) is 11.1 Å². The largest absolute Gasteiger partial charge is 0.376 e. The number of hydrogen-bond donors (Lipinski definition) is 3. The SMILES string of the molecule is CC(Nc1cc(S(N)(=O)=O)ccc1N(C)C)C(=O)Nc1ccccc1-c1ccccc1. The van der Waals surface area contributed by atoms with E-state index in [9.17, 15) is 13.2 Å². The summed E-state index contributed by atoms with van der Waals surface area (Å²) >= 11 is 0. The van der Waals surface area contributed by atoms with Gasteiger partial charge in [-0.05, 0) is 36.8 Å². The number of carbonyl (C=O) groups excluding carboxylic acids is 1. The summed E-state index contributed by atoms with van der Waals surface area (Å²) < 4.78 is 23.5. The van der Waals surface area contributed by atoms with Gasteiger partial charge in [0.1, 0.15) is 6.04 Å². The molecule has 8 heteroatoms. The molecule has 1 atom stereocenters. The van der Waals surface area contributed by atoms with Crippen molar-refractivity contribution in [1.82, 2.24) is 0 Å². The lowest BCUT2D eigenvalue weighted by Gasteiger charge is -2.22. The smallest absolute Gasteiger partial charge is 0.246 e. The summed E-state index contributed by atoms with van der Waals surface area (Å²) in [6.45, 7) is 1.71. The van der Waals surface area contributed by atoms with E-state index in [1.54, 1.807) is 13.0 Å². The lowest BCUT2D eigenvalue weighted by molar-refractivity contribution is -0.116. The Labute approximate surface area is 182 Å². The van der Waals surface area contributed by atoms with Crippen molar-refractivity contribution in [2.24, 2.45) is 5.14 Å². The number of anilines is 3. The second kappa shape index (κ2) is 9.20. The van der Waals surface area contributed by atoms with Gasteiger partial charge in [-0.2, -0.15) is 0 Å².